The van der Waals surface area contributed by atoms with Crippen LogP contribution in [-0.2, 0) is 21.3 Å². The van der Waals surface area contributed by atoms with Crippen LogP contribution in [0.15, 0.2) is 48.5 Å². The van der Waals surface area contributed by atoms with Gasteiger partial charge in [-0.25, -0.2) is 9.78 Å². The predicted octanol–water partition coefficient (Wildman–Crippen LogP) is 7.48. The van der Waals surface area contributed by atoms with Crippen LogP contribution in [0.1, 0.15) is 44.9 Å². The maximum absolute atomic E-state index is 13.3. The van der Waals surface area contributed by atoms with Gasteiger partial charge in [-0.05, 0) is 82.1 Å². The Balaban J connectivity index is 1.78. The van der Waals surface area contributed by atoms with Crippen molar-refractivity contribution in [3.05, 3.63) is 64.7 Å². The third-order valence-electron chi connectivity index (χ3n) is 6.42. The topological polar surface area (TPSA) is 92.3 Å². The first-order chi connectivity index (χ1) is 18.5. The van der Waals surface area contributed by atoms with Gasteiger partial charge in [0, 0.05) is 34.1 Å². The molecule has 1 atom stereocenters. The molecule has 0 fully saturated rings. The summed E-state index contributed by atoms with van der Waals surface area (Å²) < 4.78 is 14.6. The smallest absolute Gasteiger partial charge is 0.339 e. The highest BCUT2D eigenvalue weighted by atomic mass is 35.5. The molecule has 0 radical (unpaired) electrons. The van der Waals surface area contributed by atoms with Gasteiger partial charge in [-0.15, -0.1) is 11.3 Å². The van der Waals surface area contributed by atoms with Crippen LogP contribution >= 0.6 is 22.9 Å². The van der Waals surface area contributed by atoms with Crippen LogP contribution in [0.2, 0.25) is 5.02 Å². The number of thiazole rings is 1. The molecule has 0 saturated heterocycles. The van der Waals surface area contributed by atoms with E-state index in [4.69, 9.17) is 31.8 Å². The lowest BCUT2D eigenvalue weighted by Gasteiger charge is -2.29. The molecule has 2 heterocycles. The van der Waals surface area contributed by atoms with E-state index in [0.717, 1.165) is 53.9 Å². The molecule has 0 amide bonds. The Labute approximate surface area is 236 Å². The summed E-state index contributed by atoms with van der Waals surface area (Å²) in [6.45, 7) is 9.82. The normalized spacial score (nSPS) is 12.8. The minimum Gasteiger partial charge on any atom is -0.464 e. The van der Waals surface area contributed by atoms with Gasteiger partial charge < -0.3 is 15.2 Å². The molecule has 5 aromatic rings. The largest absolute Gasteiger partial charge is 0.464 e. The number of benzene rings is 3. The van der Waals surface area contributed by atoms with E-state index in [-0.39, 0.29) is 6.61 Å². The Bertz CT molecular complexity index is 1700. The number of aryl methyl sites for hydroxylation is 2. The van der Waals surface area contributed by atoms with E-state index in [1.807, 2.05) is 83.3 Å². The first-order valence-corrected chi connectivity index (χ1v) is 13.9. The molecular weight excluding hydrogens is 532 g/mol. The summed E-state index contributed by atoms with van der Waals surface area (Å²) in [5, 5.41) is 6.69. The molecule has 3 aromatic carbocycles. The fourth-order valence-electron chi connectivity index (χ4n) is 4.80. The van der Waals surface area contributed by atoms with Crippen LogP contribution in [-0.4, -0.2) is 32.9 Å². The van der Waals surface area contributed by atoms with Crippen molar-refractivity contribution in [3.63, 3.8) is 0 Å². The zero-order chi connectivity index (χ0) is 28.1. The Hall–Kier alpha value is -3.46. The Morgan fingerprint density at radius 3 is 2.49 bits per heavy atom. The number of hydrogen-bond donors (Lipinski definition) is 1. The molecule has 0 aliphatic carbocycles. The van der Waals surface area contributed by atoms with Gasteiger partial charge in [-0.3, -0.25) is 4.68 Å². The average Bonchev–Trinajstić information content (AvgIpc) is 3.42. The number of esters is 1. The van der Waals surface area contributed by atoms with E-state index in [0.29, 0.717) is 10.8 Å². The molecule has 9 heteroatoms. The highest BCUT2D eigenvalue weighted by Gasteiger charge is 2.33. The minimum atomic E-state index is -0.919. The number of anilines is 1. The molecule has 0 aliphatic heterocycles. The van der Waals surface area contributed by atoms with Crippen LogP contribution in [0.25, 0.3) is 42.8 Å². The fraction of sp³-hybridized carbons (Fsp3) is 0.300. The van der Waals surface area contributed by atoms with Crippen LogP contribution in [0.3, 0.4) is 0 Å². The van der Waals surface area contributed by atoms with Gasteiger partial charge in [0.15, 0.2) is 11.9 Å². The van der Waals surface area contributed by atoms with E-state index in [1.54, 1.807) is 22.9 Å². The van der Waals surface area contributed by atoms with Crippen molar-refractivity contribution in [2.75, 3.05) is 12.3 Å². The quantitative estimate of drug-likeness (QED) is 0.216. The minimum absolute atomic E-state index is 0.255. The van der Waals surface area contributed by atoms with Crippen molar-refractivity contribution in [1.82, 2.24) is 14.8 Å². The van der Waals surface area contributed by atoms with Gasteiger partial charge in [0.1, 0.15) is 5.01 Å². The molecule has 202 valence electrons. The summed E-state index contributed by atoms with van der Waals surface area (Å²) in [6.07, 6.45) is -0.919. The molecule has 0 spiro atoms. The van der Waals surface area contributed by atoms with Crippen molar-refractivity contribution in [2.24, 2.45) is 7.05 Å². The molecule has 5 rings (SSSR count). The second-order valence-electron chi connectivity index (χ2n) is 10.5. The molecule has 2 aromatic heterocycles. The number of rotatable bonds is 6. The Kier molecular flexibility index (Phi) is 7.13. The fourth-order valence-corrected chi connectivity index (χ4v) is 6.04. The number of halogens is 1. The molecular formula is C30H31ClN4O3S. The van der Waals surface area contributed by atoms with Gasteiger partial charge in [0.2, 0.25) is 0 Å². The third-order valence-corrected chi connectivity index (χ3v) is 7.81. The van der Waals surface area contributed by atoms with E-state index in [2.05, 4.69) is 5.10 Å². The monoisotopic (exact) mass is 562 g/mol. The number of nitrogens with two attached hydrogens (primary N) is 1. The number of fused-ring (bicyclic) bond motifs is 2. The second kappa shape index (κ2) is 10.3. The van der Waals surface area contributed by atoms with E-state index < -0.39 is 17.7 Å². The van der Waals surface area contributed by atoms with Gasteiger partial charge >= 0.3 is 5.97 Å². The number of carbonyl (C=O) groups is 1. The standard InChI is InChI=1S/C30H31ClN4O3S/c1-7-37-29(36)25(38-30(3,4)5)23-16(2)14-21-26(24(23)17-8-11-19(31)12-9-17)39-28(33-21)18-10-13-22-20(15-18)27(32)34-35(22)6/h8-15,25H,7H2,1-6H3,(H2,32,34). The highest BCUT2D eigenvalue weighted by Crippen LogP contribution is 2.45. The van der Waals surface area contributed by atoms with Crippen molar-refractivity contribution in [3.8, 4) is 21.7 Å². The lowest BCUT2D eigenvalue weighted by molar-refractivity contribution is -0.166. The van der Waals surface area contributed by atoms with Crippen molar-refractivity contribution >= 4 is 55.8 Å². The number of ether oxygens (including phenoxy) is 2. The lowest BCUT2D eigenvalue weighted by Crippen LogP contribution is -2.29. The average molecular weight is 563 g/mol. The molecule has 0 bridgehead atoms. The summed E-state index contributed by atoms with van der Waals surface area (Å²) in [5.74, 6) is 0.0550. The first kappa shape index (κ1) is 27.1. The highest BCUT2D eigenvalue weighted by molar-refractivity contribution is 7.22. The molecule has 0 saturated carbocycles. The number of aromatic nitrogens is 3. The first-order valence-electron chi connectivity index (χ1n) is 12.7. The maximum Gasteiger partial charge on any atom is 0.339 e. The van der Waals surface area contributed by atoms with E-state index in [9.17, 15) is 4.79 Å². The summed E-state index contributed by atoms with van der Waals surface area (Å²) in [5.41, 5.74) is 11.8. The van der Waals surface area contributed by atoms with Crippen molar-refractivity contribution in [2.45, 2.75) is 46.3 Å². The summed E-state index contributed by atoms with van der Waals surface area (Å²) in [7, 11) is 1.87. The molecule has 39 heavy (non-hydrogen) atoms. The van der Waals surface area contributed by atoms with E-state index in [1.165, 1.54) is 0 Å². The molecule has 1 unspecified atom stereocenters. The van der Waals surface area contributed by atoms with Crippen molar-refractivity contribution < 1.29 is 14.3 Å². The van der Waals surface area contributed by atoms with Gasteiger partial charge in [-0.1, -0.05) is 23.7 Å². The number of hydrogen-bond acceptors (Lipinski definition) is 7. The van der Waals surface area contributed by atoms with Crippen molar-refractivity contribution in [1.29, 1.82) is 0 Å². The predicted molar refractivity (Wildman–Crippen MR) is 159 cm³/mol. The van der Waals surface area contributed by atoms with Gasteiger partial charge in [-0.2, -0.15) is 5.10 Å². The summed E-state index contributed by atoms with van der Waals surface area (Å²) >= 11 is 7.81. The second-order valence-corrected chi connectivity index (χ2v) is 11.9. The maximum atomic E-state index is 13.3. The zero-order valence-corrected chi connectivity index (χ0v) is 24.4. The van der Waals surface area contributed by atoms with Crippen LogP contribution in [0.5, 0.6) is 0 Å². The molecule has 2 N–H and O–H groups in total. The Morgan fingerprint density at radius 1 is 1.13 bits per heavy atom. The van der Waals surface area contributed by atoms with Gasteiger partial charge in [0.05, 0.1) is 27.9 Å². The lowest BCUT2D eigenvalue weighted by atomic mass is 9.91. The summed E-state index contributed by atoms with van der Waals surface area (Å²) in [6, 6.07) is 15.7. The van der Waals surface area contributed by atoms with Crippen LogP contribution in [0.4, 0.5) is 5.82 Å². The van der Waals surface area contributed by atoms with Gasteiger partial charge in [0.25, 0.3) is 0 Å². The SMILES string of the molecule is CCOC(=O)C(OC(C)(C)C)c1c(C)cc2nc(-c3ccc4c(c3)c(N)nn4C)sc2c1-c1ccc(Cl)cc1. The number of nitrogens with zero attached hydrogens (tertiary/aromatic N) is 3. The zero-order valence-electron chi connectivity index (χ0n) is 22.8. The Morgan fingerprint density at radius 2 is 1.82 bits per heavy atom. The molecule has 7 nitrogen and oxygen atoms in total. The third kappa shape index (κ3) is 5.24. The molecule has 0 aliphatic rings. The number of carbonyl (C=O) groups excluding carboxylic acids is 1. The summed E-state index contributed by atoms with van der Waals surface area (Å²) in [4.78, 5) is 18.3. The van der Waals surface area contributed by atoms with Crippen LogP contribution < -0.4 is 5.73 Å². The van der Waals surface area contributed by atoms with Crippen LogP contribution in [0, 0.1) is 6.92 Å². The number of nitrogen functional groups attached to an aromatic ring is 1. The van der Waals surface area contributed by atoms with E-state index >= 15 is 0 Å².